The van der Waals surface area contributed by atoms with Crippen molar-refractivity contribution in [1.82, 2.24) is 15.1 Å². The molecule has 0 aliphatic carbocycles. The van der Waals surface area contributed by atoms with Gasteiger partial charge in [-0.1, -0.05) is 18.2 Å². The molecule has 0 N–H and O–H groups in total. The quantitative estimate of drug-likeness (QED) is 0.676. The minimum absolute atomic E-state index is 0.0931. The number of hydrogen-bond acceptors (Lipinski definition) is 5. The first-order valence-electron chi connectivity index (χ1n) is 8.43. The fourth-order valence-corrected chi connectivity index (χ4v) is 2.46. The first kappa shape index (κ1) is 17.7. The zero-order valence-corrected chi connectivity index (χ0v) is 15.0. The van der Waals surface area contributed by atoms with Crippen LogP contribution in [-0.2, 0) is 6.54 Å². The molecule has 0 fully saturated rings. The molecule has 2 aromatic carbocycles. The number of amides is 1. The van der Waals surface area contributed by atoms with Gasteiger partial charge < -0.3 is 14.1 Å². The number of carbonyl (C=O) groups excluding carboxylic acids is 1. The molecule has 3 aromatic rings. The van der Waals surface area contributed by atoms with Crippen molar-refractivity contribution < 1.29 is 13.9 Å². The van der Waals surface area contributed by atoms with E-state index in [4.69, 9.17) is 9.15 Å². The summed E-state index contributed by atoms with van der Waals surface area (Å²) in [5.74, 6) is 1.44. The molecule has 0 bridgehead atoms. The van der Waals surface area contributed by atoms with E-state index >= 15 is 0 Å². The van der Waals surface area contributed by atoms with Crippen LogP contribution in [0.1, 0.15) is 30.1 Å². The first-order chi connectivity index (χ1) is 12.5. The number of benzene rings is 2. The minimum Gasteiger partial charge on any atom is -0.491 e. The highest BCUT2D eigenvalue weighted by Gasteiger charge is 2.16. The molecule has 1 aromatic heterocycles. The lowest BCUT2D eigenvalue weighted by Gasteiger charge is -2.15. The highest BCUT2D eigenvalue weighted by molar-refractivity contribution is 5.94. The van der Waals surface area contributed by atoms with Gasteiger partial charge in [-0.3, -0.25) is 4.79 Å². The van der Waals surface area contributed by atoms with Gasteiger partial charge in [-0.2, -0.15) is 0 Å². The van der Waals surface area contributed by atoms with Crippen LogP contribution in [0.4, 0.5) is 0 Å². The summed E-state index contributed by atoms with van der Waals surface area (Å²) in [4.78, 5) is 14.1. The van der Waals surface area contributed by atoms with Gasteiger partial charge >= 0.3 is 0 Å². The number of carbonyl (C=O) groups is 1. The molecule has 1 amide bonds. The lowest BCUT2D eigenvalue weighted by atomic mass is 10.2. The van der Waals surface area contributed by atoms with Gasteiger partial charge in [0.2, 0.25) is 11.8 Å². The fourth-order valence-electron chi connectivity index (χ4n) is 2.46. The molecule has 6 nitrogen and oxygen atoms in total. The Kier molecular flexibility index (Phi) is 5.31. The third-order valence-corrected chi connectivity index (χ3v) is 3.68. The van der Waals surface area contributed by atoms with Crippen LogP contribution in [0.25, 0.3) is 11.5 Å². The maximum atomic E-state index is 12.6. The normalized spacial score (nSPS) is 10.8. The van der Waals surface area contributed by atoms with E-state index in [2.05, 4.69) is 10.2 Å². The van der Waals surface area contributed by atoms with E-state index in [1.165, 1.54) is 0 Å². The van der Waals surface area contributed by atoms with Gasteiger partial charge in [0.1, 0.15) is 5.75 Å². The van der Waals surface area contributed by atoms with Crippen LogP contribution in [0, 0.1) is 0 Å². The van der Waals surface area contributed by atoms with Crippen molar-refractivity contribution >= 4 is 5.91 Å². The molecule has 0 saturated heterocycles. The van der Waals surface area contributed by atoms with E-state index in [9.17, 15) is 4.79 Å². The van der Waals surface area contributed by atoms with E-state index in [-0.39, 0.29) is 18.6 Å². The summed E-state index contributed by atoms with van der Waals surface area (Å²) >= 11 is 0. The fraction of sp³-hybridized carbons (Fsp3) is 0.250. The van der Waals surface area contributed by atoms with Crippen LogP contribution >= 0.6 is 0 Å². The van der Waals surface area contributed by atoms with Crippen LogP contribution in [0.15, 0.2) is 59.0 Å². The van der Waals surface area contributed by atoms with Crippen LogP contribution in [0.2, 0.25) is 0 Å². The van der Waals surface area contributed by atoms with E-state index in [1.807, 2.05) is 44.2 Å². The van der Waals surface area contributed by atoms with Crippen LogP contribution in [-0.4, -0.2) is 34.2 Å². The minimum atomic E-state index is -0.124. The number of aromatic nitrogens is 2. The molecule has 0 aliphatic rings. The summed E-state index contributed by atoms with van der Waals surface area (Å²) in [5, 5.41) is 8.06. The van der Waals surface area contributed by atoms with Crippen molar-refractivity contribution in [2.45, 2.75) is 26.5 Å². The molecular formula is C20H21N3O3. The summed E-state index contributed by atoms with van der Waals surface area (Å²) in [6, 6.07) is 16.6. The molecule has 0 aliphatic heterocycles. The van der Waals surface area contributed by atoms with Gasteiger partial charge in [-0.25, -0.2) is 0 Å². The van der Waals surface area contributed by atoms with Crippen molar-refractivity contribution in [3.63, 3.8) is 0 Å². The lowest BCUT2D eigenvalue weighted by Crippen LogP contribution is -2.26. The molecule has 6 heteroatoms. The van der Waals surface area contributed by atoms with Crippen LogP contribution < -0.4 is 4.74 Å². The highest BCUT2D eigenvalue weighted by Crippen LogP contribution is 2.19. The SMILES string of the molecule is CC(C)Oc1ccc(C(=O)N(C)Cc2nnc(-c3ccccc3)o2)cc1. The largest absolute Gasteiger partial charge is 0.491 e. The van der Waals surface area contributed by atoms with E-state index in [0.29, 0.717) is 17.3 Å². The molecule has 0 saturated carbocycles. The van der Waals surface area contributed by atoms with Crippen molar-refractivity contribution in [3.8, 4) is 17.2 Å². The average molecular weight is 351 g/mol. The lowest BCUT2D eigenvalue weighted by molar-refractivity contribution is 0.0773. The molecule has 3 rings (SSSR count). The summed E-state index contributed by atoms with van der Waals surface area (Å²) in [7, 11) is 1.70. The monoisotopic (exact) mass is 351 g/mol. The maximum Gasteiger partial charge on any atom is 0.254 e. The van der Waals surface area contributed by atoms with Crippen molar-refractivity contribution in [1.29, 1.82) is 0 Å². The van der Waals surface area contributed by atoms with Gasteiger partial charge in [-0.15, -0.1) is 10.2 Å². The van der Waals surface area contributed by atoms with Crippen LogP contribution in [0.3, 0.4) is 0 Å². The predicted octanol–water partition coefficient (Wildman–Crippen LogP) is 3.80. The number of rotatable bonds is 6. The Hall–Kier alpha value is -3.15. The smallest absolute Gasteiger partial charge is 0.254 e. The Labute approximate surface area is 152 Å². The first-order valence-corrected chi connectivity index (χ1v) is 8.43. The molecule has 26 heavy (non-hydrogen) atoms. The Morgan fingerprint density at radius 1 is 1.08 bits per heavy atom. The third kappa shape index (κ3) is 4.27. The molecule has 134 valence electrons. The summed E-state index contributed by atoms with van der Waals surface area (Å²) in [5.41, 5.74) is 1.42. The molecule has 0 unspecified atom stereocenters. The predicted molar refractivity (Wildman–Crippen MR) is 97.7 cm³/mol. The van der Waals surface area contributed by atoms with Gasteiger partial charge in [0.05, 0.1) is 12.6 Å². The summed E-state index contributed by atoms with van der Waals surface area (Å²) < 4.78 is 11.2. The molecule has 0 spiro atoms. The topological polar surface area (TPSA) is 68.5 Å². The van der Waals surface area contributed by atoms with Crippen LogP contribution in [0.5, 0.6) is 5.75 Å². The second-order valence-electron chi connectivity index (χ2n) is 6.22. The summed E-state index contributed by atoms with van der Waals surface area (Å²) in [6.07, 6.45) is 0.0931. The van der Waals surface area contributed by atoms with Crippen molar-refractivity contribution in [2.24, 2.45) is 0 Å². The van der Waals surface area contributed by atoms with Gasteiger partial charge in [0.25, 0.3) is 5.91 Å². The zero-order chi connectivity index (χ0) is 18.5. The second kappa shape index (κ2) is 7.82. The number of ether oxygens (including phenoxy) is 1. The average Bonchev–Trinajstić information content (AvgIpc) is 3.10. The standard InChI is InChI=1S/C20H21N3O3/c1-14(2)25-17-11-9-16(10-12-17)20(24)23(3)13-18-21-22-19(26-18)15-7-5-4-6-8-15/h4-12,14H,13H2,1-3H3. The van der Waals surface area contributed by atoms with E-state index < -0.39 is 0 Å². The molecular weight excluding hydrogens is 330 g/mol. The van der Waals surface area contributed by atoms with E-state index in [1.54, 1.807) is 36.2 Å². The van der Waals surface area contributed by atoms with Gasteiger partial charge in [0.15, 0.2) is 0 Å². The Bertz CT molecular complexity index is 858. The Morgan fingerprint density at radius 2 is 1.77 bits per heavy atom. The van der Waals surface area contributed by atoms with Gasteiger partial charge in [-0.05, 0) is 50.2 Å². The Balaban J connectivity index is 1.65. The number of hydrogen-bond donors (Lipinski definition) is 0. The van der Waals surface area contributed by atoms with Gasteiger partial charge in [0, 0.05) is 18.2 Å². The maximum absolute atomic E-state index is 12.6. The Morgan fingerprint density at radius 3 is 2.42 bits per heavy atom. The zero-order valence-electron chi connectivity index (χ0n) is 15.0. The highest BCUT2D eigenvalue weighted by atomic mass is 16.5. The van der Waals surface area contributed by atoms with E-state index in [0.717, 1.165) is 11.3 Å². The second-order valence-corrected chi connectivity index (χ2v) is 6.22. The summed E-state index contributed by atoms with van der Waals surface area (Å²) in [6.45, 7) is 4.16. The molecule has 0 atom stereocenters. The number of nitrogens with zero attached hydrogens (tertiary/aromatic N) is 3. The molecule has 1 heterocycles. The van der Waals surface area contributed by atoms with Crippen molar-refractivity contribution in [2.75, 3.05) is 7.05 Å². The third-order valence-electron chi connectivity index (χ3n) is 3.68. The van der Waals surface area contributed by atoms with Crippen molar-refractivity contribution in [3.05, 3.63) is 66.1 Å². The molecule has 0 radical (unpaired) electrons.